The molecule has 0 saturated heterocycles. The van der Waals surface area contributed by atoms with Crippen molar-refractivity contribution in [1.82, 2.24) is 20.1 Å². The molecule has 0 spiro atoms. The highest BCUT2D eigenvalue weighted by atomic mass is 32.2. The molecule has 0 unspecified atom stereocenters. The molecule has 2 aromatic rings. The summed E-state index contributed by atoms with van der Waals surface area (Å²) in [6.07, 6.45) is 0. The quantitative estimate of drug-likeness (QED) is 0.754. The first kappa shape index (κ1) is 15.6. The number of carbonyl (C=O) groups is 3. The van der Waals surface area contributed by atoms with Gasteiger partial charge < -0.3 is 14.8 Å². The molecule has 0 saturated carbocycles. The minimum Gasteiger partial charge on any atom is -0.468 e. The Hall–Kier alpha value is -2.88. The zero-order valence-electron chi connectivity index (χ0n) is 13.2. The van der Waals surface area contributed by atoms with Crippen LogP contribution in [-0.2, 0) is 24.7 Å². The summed E-state index contributed by atoms with van der Waals surface area (Å²) >= 11 is 0.990. The van der Waals surface area contributed by atoms with Gasteiger partial charge in [-0.1, -0.05) is 30.0 Å². The summed E-state index contributed by atoms with van der Waals surface area (Å²) in [5.74, 6) is -1.71. The number of aromatic nitrogens is 3. The van der Waals surface area contributed by atoms with Crippen LogP contribution in [0.5, 0.6) is 0 Å². The van der Waals surface area contributed by atoms with Gasteiger partial charge in [0, 0.05) is 5.56 Å². The smallest absolute Gasteiger partial charge is 0.355 e. The first-order valence-corrected chi connectivity index (χ1v) is 8.13. The van der Waals surface area contributed by atoms with E-state index in [0.29, 0.717) is 22.1 Å². The Kier molecular flexibility index (Phi) is 3.32. The molecule has 2 aliphatic heterocycles. The Bertz CT molecular complexity index is 926. The van der Waals surface area contributed by atoms with Gasteiger partial charge in [0.1, 0.15) is 0 Å². The van der Waals surface area contributed by atoms with Crippen molar-refractivity contribution in [3.63, 3.8) is 0 Å². The molecule has 25 heavy (non-hydrogen) atoms. The summed E-state index contributed by atoms with van der Waals surface area (Å²) in [7, 11) is 2.39. The van der Waals surface area contributed by atoms with Gasteiger partial charge in [0.05, 0.1) is 19.8 Å². The predicted molar refractivity (Wildman–Crippen MR) is 84.6 cm³/mol. The number of fused-ring (bicyclic) bond motifs is 2. The number of benzene rings is 1. The monoisotopic (exact) mass is 360 g/mol. The minimum absolute atomic E-state index is 0.299. The van der Waals surface area contributed by atoms with E-state index < -0.39 is 28.8 Å². The predicted octanol–water partition coefficient (Wildman–Crippen LogP) is 0.162. The van der Waals surface area contributed by atoms with E-state index in [0.717, 1.165) is 11.8 Å². The summed E-state index contributed by atoms with van der Waals surface area (Å²) in [4.78, 5) is 37.9. The van der Waals surface area contributed by atoms with Gasteiger partial charge in [0.15, 0.2) is 16.2 Å². The summed E-state index contributed by atoms with van der Waals surface area (Å²) in [6.45, 7) is 0. The van der Waals surface area contributed by atoms with Crippen molar-refractivity contribution in [2.24, 2.45) is 0 Å². The second-order valence-electron chi connectivity index (χ2n) is 5.42. The Morgan fingerprint density at radius 1 is 1.20 bits per heavy atom. The van der Waals surface area contributed by atoms with Crippen LogP contribution in [0, 0.1) is 0 Å². The number of nitrogens with zero attached hydrogens (tertiary/aromatic N) is 3. The minimum atomic E-state index is -1.82. The average Bonchev–Trinajstić information content (AvgIpc) is 3.16. The highest BCUT2D eigenvalue weighted by Crippen LogP contribution is 2.47. The number of nitrogens with one attached hydrogen (secondary N) is 1. The van der Waals surface area contributed by atoms with Crippen LogP contribution < -0.4 is 5.32 Å². The third kappa shape index (κ3) is 1.88. The fourth-order valence-electron chi connectivity index (χ4n) is 3.12. The molecule has 0 aliphatic carbocycles. The van der Waals surface area contributed by atoms with Crippen molar-refractivity contribution >= 4 is 29.6 Å². The van der Waals surface area contributed by atoms with Crippen LogP contribution in [0.4, 0.5) is 0 Å². The molecule has 3 heterocycles. The third-order valence-corrected chi connectivity index (χ3v) is 5.46. The van der Waals surface area contributed by atoms with Crippen molar-refractivity contribution in [1.29, 1.82) is 0 Å². The maximum absolute atomic E-state index is 12.8. The molecule has 9 nitrogen and oxygen atoms in total. The molecular weight excluding hydrogens is 348 g/mol. The molecule has 1 amide bonds. The lowest BCUT2D eigenvalue weighted by molar-refractivity contribution is -0.158. The van der Waals surface area contributed by atoms with Crippen LogP contribution in [0.15, 0.2) is 29.4 Å². The lowest BCUT2D eigenvalue weighted by Gasteiger charge is -2.31. The number of amides is 1. The molecule has 10 heteroatoms. The van der Waals surface area contributed by atoms with Gasteiger partial charge in [0.25, 0.3) is 5.91 Å². The lowest BCUT2D eigenvalue weighted by atomic mass is 10.0. The highest BCUT2D eigenvalue weighted by Gasteiger charge is 2.62. The molecular formula is C15H12N4O5S. The van der Waals surface area contributed by atoms with Gasteiger partial charge >= 0.3 is 11.9 Å². The number of thioether (sulfide) groups is 1. The van der Waals surface area contributed by atoms with E-state index in [1.165, 1.54) is 18.8 Å². The van der Waals surface area contributed by atoms with Crippen molar-refractivity contribution in [3.05, 3.63) is 29.8 Å². The van der Waals surface area contributed by atoms with Gasteiger partial charge in [-0.25, -0.2) is 4.79 Å². The maximum Gasteiger partial charge on any atom is 0.355 e. The second kappa shape index (κ2) is 5.31. The largest absolute Gasteiger partial charge is 0.468 e. The Morgan fingerprint density at radius 2 is 1.92 bits per heavy atom. The zero-order chi connectivity index (χ0) is 17.8. The van der Waals surface area contributed by atoms with Gasteiger partial charge in [-0.15, -0.1) is 10.2 Å². The molecule has 2 aliphatic rings. The van der Waals surface area contributed by atoms with Crippen molar-refractivity contribution in [2.75, 3.05) is 14.2 Å². The maximum atomic E-state index is 12.8. The van der Waals surface area contributed by atoms with Crippen molar-refractivity contribution in [3.8, 4) is 11.4 Å². The van der Waals surface area contributed by atoms with E-state index in [2.05, 4.69) is 15.5 Å². The summed E-state index contributed by atoms with van der Waals surface area (Å²) in [5.41, 5.74) is -0.990. The van der Waals surface area contributed by atoms with Crippen LogP contribution in [0.1, 0.15) is 10.4 Å². The molecule has 1 aromatic carbocycles. The molecule has 0 bridgehead atoms. The number of rotatable bonds is 2. The SMILES string of the molecule is COC(=O)[C@@H]1Sc2nnc3n2[C@@]1(C(=O)OC)NC(=O)c1ccccc1-3. The molecule has 0 fully saturated rings. The topological polar surface area (TPSA) is 112 Å². The van der Waals surface area contributed by atoms with Gasteiger partial charge in [-0.3, -0.25) is 14.2 Å². The molecule has 1 N–H and O–H groups in total. The molecule has 1 aromatic heterocycles. The number of ether oxygens (including phenoxy) is 2. The third-order valence-electron chi connectivity index (χ3n) is 4.22. The second-order valence-corrected chi connectivity index (χ2v) is 6.49. The highest BCUT2D eigenvalue weighted by molar-refractivity contribution is 8.00. The van der Waals surface area contributed by atoms with Crippen LogP contribution in [0.3, 0.4) is 0 Å². The van der Waals surface area contributed by atoms with Crippen molar-refractivity contribution in [2.45, 2.75) is 16.1 Å². The van der Waals surface area contributed by atoms with Crippen LogP contribution in [0.2, 0.25) is 0 Å². The Labute approximate surface area is 145 Å². The van der Waals surface area contributed by atoms with E-state index in [-0.39, 0.29) is 0 Å². The van der Waals surface area contributed by atoms with E-state index >= 15 is 0 Å². The van der Waals surface area contributed by atoms with E-state index in [9.17, 15) is 14.4 Å². The van der Waals surface area contributed by atoms with Crippen molar-refractivity contribution < 1.29 is 23.9 Å². The first-order chi connectivity index (χ1) is 12.0. The molecule has 0 radical (unpaired) electrons. The standard InChI is InChI=1S/C15H12N4O5S/c1-23-12(21)9-15(13(22)24-2)16-11(20)8-6-4-3-5-7(8)10-17-18-14(25-9)19(10)15/h3-6,9H,1-2H3,(H,16,20)/t9-,15-/m0/s1. The van der Waals surface area contributed by atoms with Crippen LogP contribution in [-0.4, -0.2) is 52.1 Å². The van der Waals surface area contributed by atoms with Crippen LogP contribution in [0.25, 0.3) is 11.4 Å². The molecule has 128 valence electrons. The molecule has 4 rings (SSSR count). The number of hydrogen-bond acceptors (Lipinski definition) is 8. The Balaban J connectivity index is 2.05. The van der Waals surface area contributed by atoms with Gasteiger partial charge in [-0.2, -0.15) is 0 Å². The fourth-order valence-corrected chi connectivity index (χ4v) is 4.37. The van der Waals surface area contributed by atoms with Gasteiger partial charge in [-0.05, 0) is 6.07 Å². The lowest BCUT2D eigenvalue weighted by Crippen LogP contribution is -2.62. The summed E-state index contributed by atoms with van der Waals surface area (Å²) in [6, 6.07) is 6.76. The molecule has 2 atom stereocenters. The van der Waals surface area contributed by atoms with E-state index in [4.69, 9.17) is 9.47 Å². The van der Waals surface area contributed by atoms with Gasteiger partial charge in [0.2, 0.25) is 5.66 Å². The Morgan fingerprint density at radius 3 is 2.60 bits per heavy atom. The van der Waals surface area contributed by atoms with E-state index in [1.54, 1.807) is 24.3 Å². The fraction of sp³-hybridized carbons (Fsp3) is 0.267. The first-order valence-electron chi connectivity index (χ1n) is 7.25. The van der Waals surface area contributed by atoms with Crippen LogP contribution >= 0.6 is 11.8 Å². The number of methoxy groups -OCH3 is 2. The number of esters is 2. The number of carbonyl (C=O) groups excluding carboxylic acids is 3. The summed E-state index contributed by atoms with van der Waals surface area (Å²) in [5, 5.41) is 10.1. The number of hydrogen-bond donors (Lipinski definition) is 1. The average molecular weight is 360 g/mol. The normalized spacial score (nSPS) is 23.1. The zero-order valence-corrected chi connectivity index (χ0v) is 14.0. The van der Waals surface area contributed by atoms with E-state index in [1.807, 2.05) is 0 Å². The summed E-state index contributed by atoms with van der Waals surface area (Å²) < 4.78 is 11.2.